The molecule has 1 fully saturated rings. The second-order valence-electron chi connectivity index (χ2n) is 8.03. The molecule has 0 saturated carbocycles. The highest BCUT2D eigenvalue weighted by Crippen LogP contribution is 2.41. The molecule has 2 aliphatic heterocycles. The Morgan fingerprint density at radius 1 is 1.26 bits per heavy atom. The van der Waals surface area contributed by atoms with Gasteiger partial charge in [-0.1, -0.05) is 18.2 Å². The summed E-state index contributed by atoms with van der Waals surface area (Å²) >= 11 is 0. The second-order valence-corrected chi connectivity index (χ2v) is 8.03. The van der Waals surface area contributed by atoms with Crippen LogP contribution in [0.4, 0.5) is 4.79 Å². The summed E-state index contributed by atoms with van der Waals surface area (Å²) in [5.74, 6) is -0.0855. The summed E-state index contributed by atoms with van der Waals surface area (Å²) in [5, 5.41) is 2.83. The largest absolute Gasteiger partial charge is 0.493 e. The first-order valence-corrected chi connectivity index (χ1v) is 10.4. The van der Waals surface area contributed by atoms with Crippen LogP contribution in [0.2, 0.25) is 0 Å². The maximum atomic E-state index is 13.4. The molecular weight excluding hydrogens is 398 g/mol. The quantitative estimate of drug-likeness (QED) is 0.418. The fourth-order valence-electron chi connectivity index (χ4n) is 4.54. The summed E-state index contributed by atoms with van der Waals surface area (Å²) in [5.41, 5.74) is 1.78. The molecule has 3 heterocycles. The zero-order valence-electron chi connectivity index (χ0n) is 18.1. The Bertz CT molecular complexity index is 1040. The Kier molecular flexibility index (Phi) is 5.58. The lowest BCUT2D eigenvalue weighted by Crippen LogP contribution is -2.47. The zero-order chi connectivity index (χ0) is 22.2. The van der Waals surface area contributed by atoms with Gasteiger partial charge in [0.2, 0.25) is 0 Å². The molecule has 0 bridgehead atoms. The molecule has 31 heavy (non-hydrogen) atoms. The molecule has 1 saturated heterocycles. The first kappa shape index (κ1) is 21.1. The number of benzene rings is 1. The van der Waals surface area contributed by atoms with E-state index in [4.69, 9.17) is 9.47 Å². The molecule has 164 valence electrons. The number of carbonyl (C=O) groups excluding carboxylic acids is 3. The van der Waals surface area contributed by atoms with Crippen LogP contribution in [0.15, 0.2) is 30.3 Å². The van der Waals surface area contributed by atoms with E-state index in [0.717, 1.165) is 29.3 Å². The number of rotatable bonds is 7. The molecule has 1 N–H and O–H groups in total. The predicted octanol–water partition coefficient (Wildman–Crippen LogP) is 2.55. The summed E-state index contributed by atoms with van der Waals surface area (Å²) in [6.45, 7) is 5.22. The summed E-state index contributed by atoms with van der Waals surface area (Å²) in [4.78, 5) is 40.2. The number of nitrogens with one attached hydrogen (secondary N) is 1. The molecule has 3 amide bonds. The normalized spacial score (nSPS) is 20.0. The van der Waals surface area contributed by atoms with Crippen molar-refractivity contribution in [3.63, 3.8) is 0 Å². The molecule has 2 aliphatic rings. The number of para-hydroxylation sites is 1. The third kappa shape index (κ3) is 3.50. The fourth-order valence-corrected chi connectivity index (χ4v) is 4.54. The third-order valence-corrected chi connectivity index (χ3v) is 6.16. The van der Waals surface area contributed by atoms with Crippen LogP contribution in [-0.2, 0) is 21.6 Å². The SMILES string of the molecule is COCCCn1c(C)cc(C(=O)CN2C(=O)NC3(CCOc4ccccc43)C2=O)c1C. The Morgan fingerprint density at radius 2 is 2.03 bits per heavy atom. The van der Waals surface area contributed by atoms with Crippen LogP contribution in [0, 0.1) is 13.8 Å². The number of carbonyl (C=O) groups is 3. The van der Waals surface area contributed by atoms with E-state index in [-0.39, 0.29) is 12.3 Å². The number of fused-ring (bicyclic) bond motifs is 2. The van der Waals surface area contributed by atoms with Gasteiger partial charge in [-0.05, 0) is 32.4 Å². The van der Waals surface area contributed by atoms with Crippen LogP contribution in [0.5, 0.6) is 5.75 Å². The highest BCUT2D eigenvalue weighted by atomic mass is 16.5. The number of methoxy groups -OCH3 is 1. The number of aryl methyl sites for hydroxylation is 1. The van der Waals surface area contributed by atoms with Gasteiger partial charge in [0.05, 0.1) is 13.2 Å². The van der Waals surface area contributed by atoms with Gasteiger partial charge < -0.3 is 19.4 Å². The van der Waals surface area contributed by atoms with Crippen molar-refractivity contribution in [3.05, 3.63) is 52.8 Å². The lowest BCUT2D eigenvalue weighted by molar-refractivity contribution is -0.132. The van der Waals surface area contributed by atoms with Crippen LogP contribution < -0.4 is 10.1 Å². The van der Waals surface area contributed by atoms with Crippen molar-refractivity contribution < 1.29 is 23.9 Å². The maximum Gasteiger partial charge on any atom is 0.325 e. The van der Waals surface area contributed by atoms with Crippen molar-refractivity contribution in [3.8, 4) is 5.75 Å². The van der Waals surface area contributed by atoms with Crippen molar-refractivity contribution in [1.29, 1.82) is 0 Å². The van der Waals surface area contributed by atoms with E-state index >= 15 is 0 Å². The van der Waals surface area contributed by atoms with Crippen LogP contribution in [0.1, 0.15) is 40.2 Å². The minimum Gasteiger partial charge on any atom is -0.493 e. The van der Waals surface area contributed by atoms with Gasteiger partial charge in [0.1, 0.15) is 5.75 Å². The van der Waals surface area contributed by atoms with Gasteiger partial charge in [0.25, 0.3) is 5.91 Å². The van der Waals surface area contributed by atoms with Gasteiger partial charge in [-0.3, -0.25) is 14.5 Å². The molecule has 2 aromatic rings. The Hall–Kier alpha value is -3.13. The molecule has 1 unspecified atom stereocenters. The van der Waals surface area contributed by atoms with Crippen molar-refractivity contribution in [2.45, 2.75) is 38.8 Å². The van der Waals surface area contributed by atoms with E-state index in [2.05, 4.69) is 9.88 Å². The van der Waals surface area contributed by atoms with Crippen molar-refractivity contribution in [1.82, 2.24) is 14.8 Å². The van der Waals surface area contributed by atoms with Gasteiger partial charge in [0, 0.05) is 49.2 Å². The van der Waals surface area contributed by atoms with Gasteiger partial charge in [-0.25, -0.2) is 4.79 Å². The van der Waals surface area contributed by atoms with E-state index in [9.17, 15) is 14.4 Å². The maximum absolute atomic E-state index is 13.4. The summed E-state index contributed by atoms with van der Waals surface area (Å²) in [7, 11) is 1.66. The lowest BCUT2D eigenvalue weighted by Gasteiger charge is -2.33. The van der Waals surface area contributed by atoms with Crippen LogP contribution >= 0.6 is 0 Å². The van der Waals surface area contributed by atoms with E-state index in [1.54, 1.807) is 25.3 Å². The molecule has 4 rings (SSSR count). The van der Waals surface area contributed by atoms with E-state index in [0.29, 0.717) is 36.5 Å². The number of imide groups is 1. The minimum absolute atomic E-state index is 0.257. The lowest BCUT2D eigenvalue weighted by atomic mass is 9.84. The molecule has 0 radical (unpaired) electrons. The third-order valence-electron chi connectivity index (χ3n) is 6.16. The first-order valence-electron chi connectivity index (χ1n) is 10.4. The highest BCUT2D eigenvalue weighted by molar-refractivity contribution is 6.12. The Morgan fingerprint density at radius 3 is 2.81 bits per heavy atom. The van der Waals surface area contributed by atoms with Gasteiger partial charge in [-0.2, -0.15) is 0 Å². The zero-order valence-corrected chi connectivity index (χ0v) is 18.1. The van der Waals surface area contributed by atoms with Gasteiger partial charge in [0.15, 0.2) is 11.3 Å². The Balaban J connectivity index is 1.56. The molecule has 8 heteroatoms. The predicted molar refractivity (Wildman–Crippen MR) is 113 cm³/mol. The molecule has 1 atom stereocenters. The standard InChI is InChI=1S/C23H27N3O5/c1-15-13-17(16(2)25(15)10-6-11-30-3)19(27)14-26-21(28)23(24-22(26)29)9-12-31-20-8-5-4-7-18(20)23/h4-5,7-8,13H,6,9-12,14H2,1-3H3,(H,24,29). The highest BCUT2D eigenvalue weighted by Gasteiger charge is 2.55. The average molecular weight is 425 g/mol. The van der Waals surface area contributed by atoms with E-state index in [1.165, 1.54) is 0 Å². The molecular formula is C23H27N3O5. The topological polar surface area (TPSA) is 89.9 Å². The summed E-state index contributed by atoms with van der Waals surface area (Å²) in [6, 6.07) is 8.46. The fraction of sp³-hybridized carbons (Fsp3) is 0.435. The van der Waals surface area contributed by atoms with Crippen LogP contribution in [0.25, 0.3) is 0 Å². The summed E-state index contributed by atoms with van der Waals surface area (Å²) in [6.07, 6.45) is 1.16. The number of ketones is 1. The minimum atomic E-state index is -1.18. The smallest absolute Gasteiger partial charge is 0.325 e. The summed E-state index contributed by atoms with van der Waals surface area (Å²) < 4.78 is 12.8. The number of aromatic nitrogens is 1. The monoisotopic (exact) mass is 425 g/mol. The van der Waals surface area contributed by atoms with Crippen LogP contribution in [0.3, 0.4) is 0 Å². The molecule has 1 spiro atoms. The van der Waals surface area contributed by atoms with Crippen molar-refractivity contribution in [2.75, 3.05) is 26.9 Å². The first-order chi connectivity index (χ1) is 14.9. The van der Waals surface area contributed by atoms with Crippen molar-refractivity contribution >= 4 is 17.7 Å². The van der Waals surface area contributed by atoms with Crippen LogP contribution in [-0.4, -0.2) is 54.1 Å². The molecule has 8 nitrogen and oxygen atoms in total. The number of amides is 3. The van der Waals surface area contributed by atoms with Gasteiger partial charge >= 0.3 is 6.03 Å². The second kappa shape index (κ2) is 8.19. The van der Waals surface area contributed by atoms with E-state index < -0.39 is 17.5 Å². The molecule has 1 aromatic heterocycles. The number of hydrogen-bond donors (Lipinski definition) is 1. The number of ether oxygens (including phenoxy) is 2. The van der Waals surface area contributed by atoms with Crippen molar-refractivity contribution in [2.24, 2.45) is 0 Å². The molecule has 1 aromatic carbocycles. The Labute approximate surface area is 181 Å². The number of hydrogen-bond acceptors (Lipinski definition) is 5. The number of urea groups is 1. The molecule has 0 aliphatic carbocycles. The number of nitrogens with zero attached hydrogens (tertiary/aromatic N) is 2. The average Bonchev–Trinajstić information content (AvgIpc) is 3.17. The number of Topliss-reactive ketones (excluding diaryl/α,β-unsaturated/α-hetero) is 1. The van der Waals surface area contributed by atoms with Gasteiger partial charge in [-0.15, -0.1) is 0 Å². The van der Waals surface area contributed by atoms with E-state index in [1.807, 2.05) is 26.0 Å².